The van der Waals surface area contributed by atoms with Gasteiger partial charge in [0.2, 0.25) is 0 Å². The Kier molecular flexibility index (Phi) is 3.40. The zero-order valence-electron chi connectivity index (χ0n) is 9.91. The van der Waals surface area contributed by atoms with Gasteiger partial charge in [0.25, 0.3) is 9.05 Å². The molecule has 18 heavy (non-hydrogen) atoms. The fourth-order valence-corrected chi connectivity index (χ4v) is 2.30. The molecule has 0 aliphatic rings. The second kappa shape index (κ2) is 4.69. The first-order valence-electron chi connectivity index (χ1n) is 5.27. The smallest absolute Gasteiger partial charge is 0.280 e. The van der Waals surface area contributed by atoms with Crippen molar-refractivity contribution in [2.75, 3.05) is 0 Å². The maximum absolute atomic E-state index is 11.2. The summed E-state index contributed by atoms with van der Waals surface area (Å²) in [6.45, 7) is 4.76. The summed E-state index contributed by atoms with van der Waals surface area (Å²) in [6.07, 6.45) is 2.86. The topological polar surface area (TPSA) is 82.7 Å². The lowest BCUT2D eigenvalue weighted by molar-refractivity contribution is 0.586. The van der Waals surface area contributed by atoms with Crippen LogP contribution in [0, 0.1) is 6.92 Å². The van der Waals surface area contributed by atoms with Gasteiger partial charge in [0.15, 0.2) is 5.03 Å². The second-order valence-corrected chi connectivity index (χ2v) is 6.20. The number of hydrogen-bond donors (Lipinski definition) is 0. The Bertz CT molecular complexity index is 660. The normalized spacial score (nSPS) is 11.9. The van der Waals surface area contributed by atoms with Crippen LogP contribution < -0.4 is 0 Å². The Labute approximate surface area is 109 Å². The molecule has 7 nitrogen and oxygen atoms in total. The van der Waals surface area contributed by atoms with Crippen LogP contribution in [0.4, 0.5) is 0 Å². The molecule has 0 N–H and O–H groups in total. The summed E-state index contributed by atoms with van der Waals surface area (Å²) in [7, 11) is 1.45. The van der Waals surface area contributed by atoms with Gasteiger partial charge in [0, 0.05) is 23.4 Å². The highest BCUT2D eigenvalue weighted by atomic mass is 35.7. The summed E-state index contributed by atoms with van der Waals surface area (Å²) >= 11 is 0. The highest BCUT2D eigenvalue weighted by Gasteiger charge is 2.17. The van der Waals surface area contributed by atoms with E-state index >= 15 is 0 Å². The van der Waals surface area contributed by atoms with Gasteiger partial charge in [-0.25, -0.2) is 23.1 Å². The SMILES string of the molecule is CCn1ncnc1Cn1cc(S(=O)(=O)Cl)nc1C. The van der Waals surface area contributed by atoms with E-state index in [4.69, 9.17) is 10.7 Å². The number of aromatic nitrogens is 5. The largest absolute Gasteiger partial charge is 0.326 e. The fraction of sp³-hybridized carbons (Fsp3) is 0.444. The lowest BCUT2D eigenvalue weighted by Gasteiger charge is -2.05. The molecule has 0 fully saturated rings. The third kappa shape index (κ3) is 2.54. The average molecular weight is 290 g/mol. The van der Waals surface area contributed by atoms with Gasteiger partial charge in [-0.1, -0.05) is 0 Å². The van der Waals surface area contributed by atoms with Crippen molar-refractivity contribution < 1.29 is 8.42 Å². The summed E-state index contributed by atoms with van der Waals surface area (Å²) in [5.41, 5.74) is 0. The molecule has 0 aliphatic heterocycles. The van der Waals surface area contributed by atoms with Gasteiger partial charge in [-0.3, -0.25) is 0 Å². The van der Waals surface area contributed by atoms with Gasteiger partial charge in [-0.2, -0.15) is 5.10 Å². The van der Waals surface area contributed by atoms with Crippen LogP contribution in [0.1, 0.15) is 18.6 Å². The molecular weight excluding hydrogens is 278 g/mol. The summed E-state index contributed by atoms with van der Waals surface area (Å²) in [4.78, 5) is 8.02. The molecule has 0 spiro atoms. The van der Waals surface area contributed by atoms with Gasteiger partial charge in [-0.15, -0.1) is 0 Å². The lowest BCUT2D eigenvalue weighted by Crippen LogP contribution is -2.09. The Morgan fingerprint density at radius 2 is 2.17 bits per heavy atom. The van der Waals surface area contributed by atoms with Gasteiger partial charge < -0.3 is 4.57 Å². The Balaban J connectivity index is 2.33. The minimum Gasteiger partial charge on any atom is -0.326 e. The lowest BCUT2D eigenvalue weighted by atomic mass is 10.5. The number of nitrogens with zero attached hydrogens (tertiary/aromatic N) is 5. The van der Waals surface area contributed by atoms with Crippen molar-refractivity contribution >= 4 is 19.7 Å². The van der Waals surface area contributed by atoms with E-state index in [2.05, 4.69) is 15.1 Å². The summed E-state index contributed by atoms with van der Waals surface area (Å²) in [5, 5.41) is 3.89. The quantitative estimate of drug-likeness (QED) is 0.777. The first-order valence-corrected chi connectivity index (χ1v) is 7.58. The predicted molar refractivity (Wildman–Crippen MR) is 64.8 cm³/mol. The summed E-state index contributed by atoms with van der Waals surface area (Å²) in [5.74, 6) is 1.29. The molecule has 0 radical (unpaired) electrons. The highest BCUT2D eigenvalue weighted by Crippen LogP contribution is 2.14. The average Bonchev–Trinajstić information content (AvgIpc) is 2.86. The van der Waals surface area contributed by atoms with Crippen LogP contribution in [0.2, 0.25) is 0 Å². The molecule has 0 saturated carbocycles. The standard InChI is InChI=1S/C9H12ClN5O2S/c1-3-15-8(11-6-12-15)4-14-5-9(13-7(14)2)18(10,16)17/h5-6H,3-4H2,1-2H3. The molecule has 2 aromatic rings. The maximum atomic E-state index is 11.2. The van der Waals surface area contributed by atoms with Gasteiger partial charge in [0.1, 0.15) is 18.0 Å². The molecule has 0 bridgehead atoms. The molecule has 2 rings (SSSR count). The number of rotatable bonds is 4. The third-order valence-corrected chi connectivity index (χ3v) is 3.68. The number of aryl methyl sites for hydroxylation is 2. The molecule has 98 valence electrons. The van der Waals surface area contributed by atoms with E-state index in [1.807, 2.05) is 6.92 Å². The van der Waals surface area contributed by atoms with Crippen LogP contribution in [-0.4, -0.2) is 32.7 Å². The molecule has 0 aliphatic carbocycles. The van der Waals surface area contributed by atoms with E-state index in [1.54, 1.807) is 16.2 Å². The van der Waals surface area contributed by atoms with Crippen molar-refractivity contribution in [3.05, 3.63) is 24.2 Å². The predicted octanol–water partition coefficient (Wildman–Crippen LogP) is 0.779. The van der Waals surface area contributed by atoms with Gasteiger partial charge in [0.05, 0.1) is 6.54 Å². The van der Waals surface area contributed by atoms with Crippen LogP contribution in [0.5, 0.6) is 0 Å². The van der Waals surface area contributed by atoms with Crippen molar-refractivity contribution in [3.63, 3.8) is 0 Å². The molecule has 0 amide bonds. The van der Waals surface area contributed by atoms with Crippen LogP contribution >= 0.6 is 10.7 Å². The summed E-state index contributed by atoms with van der Waals surface area (Å²) in [6, 6.07) is 0. The number of imidazole rings is 1. The molecule has 0 aromatic carbocycles. The van der Waals surface area contributed by atoms with Gasteiger partial charge >= 0.3 is 0 Å². The van der Waals surface area contributed by atoms with Crippen LogP contribution in [0.25, 0.3) is 0 Å². The minimum atomic E-state index is -3.80. The Hall–Kier alpha value is -1.41. The fourth-order valence-electron chi connectivity index (χ4n) is 1.58. The van der Waals surface area contributed by atoms with E-state index in [0.29, 0.717) is 18.9 Å². The monoisotopic (exact) mass is 289 g/mol. The van der Waals surface area contributed by atoms with Crippen LogP contribution in [0.15, 0.2) is 17.6 Å². The molecule has 9 heteroatoms. The van der Waals surface area contributed by atoms with E-state index in [-0.39, 0.29) is 5.03 Å². The van der Waals surface area contributed by atoms with Crippen molar-refractivity contribution in [1.29, 1.82) is 0 Å². The van der Waals surface area contributed by atoms with E-state index in [0.717, 1.165) is 5.82 Å². The number of hydrogen-bond acceptors (Lipinski definition) is 5. The van der Waals surface area contributed by atoms with E-state index in [9.17, 15) is 8.42 Å². The first-order chi connectivity index (χ1) is 8.41. The van der Waals surface area contributed by atoms with Crippen molar-refractivity contribution in [3.8, 4) is 0 Å². The van der Waals surface area contributed by atoms with E-state index in [1.165, 1.54) is 12.5 Å². The third-order valence-electron chi connectivity index (χ3n) is 2.51. The molecule has 2 heterocycles. The highest BCUT2D eigenvalue weighted by molar-refractivity contribution is 8.13. The van der Waals surface area contributed by atoms with Crippen LogP contribution in [0.3, 0.4) is 0 Å². The molecule has 0 saturated heterocycles. The van der Waals surface area contributed by atoms with Crippen molar-refractivity contribution in [2.45, 2.75) is 32.0 Å². The maximum Gasteiger partial charge on any atom is 0.280 e. The van der Waals surface area contributed by atoms with Gasteiger partial charge in [-0.05, 0) is 13.8 Å². The zero-order chi connectivity index (χ0) is 13.3. The number of halogens is 1. The molecule has 0 unspecified atom stereocenters. The zero-order valence-corrected chi connectivity index (χ0v) is 11.5. The van der Waals surface area contributed by atoms with Crippen molar-refractivity contribution in [2.24, 2.45) is 0 Å². The molecule has 2 aromatic heterocycles. The Morgan fingerprint density at radius 1 is 1.44 bits per heavy atom. The molecular formula is C9H12ClN5O2S. The van der Waals surface area contributed by atoms with E-state index < -0.39 is 9.05 Å². The molecule has 0 atom stereocenters. The second-order valence-electron chi connectivity index (χ2n) is 3.68. The summed E-state index contributed by atoms with van der Waals surface area (Å²) < 4.78 is 25.8. The minimum absolute atomic E-state index is 0.149. The van der Waals surface area contributed by atoms with Crippen LogP contribution in [-0.2, 0) is 22.1 Å². The Morgan fingerprint density at radius 3 is 2.72 bits per heavy atom. The van der Waals surface area contributed by atoms with Crippen molar-refractivity contribution in [1.82, 2.24) is 24.3 Å². The first kappa shape index (κ1) is 13.0.